The number of nitrogens with one attached hydrogen (secondary N) is 2. The minimum absolute atomic E-state index is 0.0621. The molecule has 0 bridgehead atoms. The van der Waals surface area contributed by atoms with Crippen LogP contribution in [0.25, 0.3) is 0 Å². The van der Waals surface area contributed by atoms with Crippen molar-refractivity contribution in [1.29, 1.82) is 0 Å². The molecule has 8 heteroatoms. The van der Waals surface area contributed by atoms with Crippen LogP contribution in [-0.2, 0) is 4.79 Å². The van der Waals surface area contributed by atoms with Crippen molar-refractivity contribution in [1.82, 2.24) is 5.43 Å². The lowest BCUT2D eigenvalue weighted by Crippen LogP contribution is -2.25. The molecule has 0 aliphatic carbocycles. The lowest BCUT2D eigenvalue weighted by molar-refractivity contribution is -0.119. The van der Waals surface area contributed by atoms with Crippen LogP contribution in [0.3, 0.4) is 0 Å². The van der Waals surface area contributed by atoms with Gasteiger partial charge in [-0.2, -0.15) is 5.10 Å². The number of phenolic OH excluding ortho intramolecular Hbond substituents is 1. The van der Waals surface area contributed by atoms with Gasteiger partial charge in [0.15, 0.2) is 0 Å². The van der Waals surface area contributed by atoms with Gasteiger partial charge in [-0.3, -0.25) is 4.79 Å². The molecule has 5 nitrogen and oxygen atoms in total. The molecule has 0 spiro atoms. The highest BCUT2D eigenvalue weighted by Crippen LogP contribution is 2.38. The lowest BCUT2D eigenvalue weighted by Gasteiger charge is -2.07. The van der Waals surface area contributed by atoms with Gasteiger partial charge in [-0.05, 0) is 57.0 Å². The normalized spacial score (nSPS) is 10.8. The first-order chi connectivity index (χ1) is 11.4. The van der Waals surface area contributed by atoms with E-state index in [-0.39, 0.29) is 18.2 Å². The van der Waals surface area contributed by atoms with Crippen LogP contribution in [0.1, 0.15) is 11.1 Å². The van der Waals surface area contributed by atoms with Gasteiger partial charge in [0, 0.05) is 15.7 Å². The van der Waals surface area contributed by atoms with Gasteiger partial charge in [-0.15, -0.1) is 0 Å². The van der Waals surface area contributed by atoms with Crippen LogP contribution in [0.2, 0.25) is 0 Å². The largest absolute Gasteiger partial charge is 0.506 e. The second kappa shape index (κ2) is 8.64. The Bertz CT molecular complexity index is 777. The Morgan fingerprint density at radius 2 is 1.88 bits per heavy atom. The van der Waals surface area contributed by atoms with Gasteiger partial charge in [-0.25, -0.2) is 5.43 Å². The summed E-state index contributed by atoms with van der Waals surface area (Å²) in [4.78, 5) is 11.8. The number of hydrogen-bond donors (Lipinski definition) is 3. The maximum Gasteiger partial charge on any atom is 0.259 e. The van der Waals surface area contributed by atoms with Gasteiger partial charge >= 0.3 is 0 Å². The Morgan fingerprint density at radius 3 is 2.54 bits per heavy atom. The maximum absolute atomic E-state index is 11.8. The fourth-order valence-corrected chi connectivity index (χ4v) is 4.10. The number of nitrogens with zero attached hydrogens (tertiary/aromatic N) is 1. The van der Waals surface area contributed by atoms with Crippen molar-refractivity contribution in [3.8, 4) is 5.75 Å². The molecule has 0 radical (unpaired) electrons. The van der Waals surface area contributed by atoms with Crippen LogP contribution in [0.4, 0.5) is 5.69 Å². The number of halogens is 3. The summed E-state index contributed by atoms with van der Waals surface area (Å²) in [5.74, 6) is -0.215. The zero-order valence-electron chi connectivity index (χ0n) is 12.6. The molecule has 126 valence electrons. The molecule has 2 aromatic rings. The minimum atomic E-state index is -0.277. The van der Waals surface area contributed by atoms with Crippen LogP contribution >= 0.6 is 47.8 Å². The molecule has 2 aromatic carbocycles. The van der Waals surface area contributed by atoms with Crippen molar-refractivity contribution in [2.45, 2.75) is 6.92 Å². The summed E-state index contributed by atoms with van der Waals surface area (Å²) < 4.78 is 1.74. The van der Waals surface area contributed by atoms with E-state index in [4.69, 9.17) is 0 Å². The van der Waals surface area contributed by atoms with E-state index in [9.17, 15) is 9.90 Å². The molecule has 24 heavy (non-hydrogen) atoms. The van der Waals surface area contributed by atoms with Gasteiger partial charge in [0.2, 0.25) is 0 Å². The van der Waals surface area contributed by atoms with E-state index in [1.807, 2.05) is 31.2 Å². The van der Waals surface area contributed by atoms with E-state index in [1.165, 1.54) is 6.21 Å². The van der Waals surface area contributed by atoms with Crippen molar-refractivity contribution in [3.63, 3.8) is 0 Å². The number of amides is 1. The van der Waals surface area contributed by atoms with E-state index in [1.54, 1.807) is 6.07 Å². The monoisotopic (exact) mass is 517 g/mol. The molecular weight excluding hydrogens is 506 g/mol. The number of carbonyl (C=O) groups is 1. The van der Waals surface area contributed by atoms with Gasteiger partial charge in [0.1, 0.15) is 5.75 Å². The summed E-state index contributed by atoms with van der Waals surface area (Å²) in [6.07, 6.45) is 1.45. The van der Waals surface area contributed by atoms with Crippen molar-refractivity contribution in [2.24, 2.45) is 5.10 Å². The Hall–Kier alpha value is -1.38. The van der Waals surface area contributed by atoms with Crippen LogP contribution in [0, 0.1) is 6.92 Å². The number of benzene rings is 2. The molecule has 0 atom stereocenters. The summed E-state index contributed by atoms with van der Waals surface area (Å²) in [7, 11) is 0. The van der Waals surface area contributed by atoms with E-state index in [0.717, 1.165) is 15.7 Å². The summed E-state index contributed by atoms with van der Waals surface area (Å²) in [5, 5.41) is 16.8. The number of aryl methyl sites for hydroxylation is 1. The zero-order valence-corrected chi connectivity index (χ0v) is 17.4. The van der Waals surface area contributed by atoms with Crippen molar-refractivity contribution in [3.05, 3.63) is 54.9 Å². The van der Waals surface area contributed by atoms with Gasteiger partial charge < -0.3 is 10.4 Å². The van der Waals surface area contributed by atoms with E-state index in [2.05, 4.69) is 63.6 Å². The smallest absolute Gasteiger partial charge is 0.259 e. The number of hydrogen-bond acceptors (Lipinski definition) is 4. The van der Waals surface area contributed by atoms with Gasteiger partial charge in [-0.1, -0.05) is 33.6 Å². The highest BCUT2D eigenvalue weighted by Gasteiger charge is 2.12. The van der Waals surface area contributed by atoms with E-state index >= 15 is 0 Å². The quantitative estimate of drug-likeness (QED) is 0.401. The Morgan fingerprint density at radius 1 is 1.21 bits per heavy atom. The molecular formula is C16H14Br3N3O2. The number of hydrazone groups is 1. The number of phenols is 1. The highest BCUT2D eigenvalue weighted by atomic mass is 79.9. The molecule has 1 amide bonds. The second-order valence-electron chi connectivity index (χ2n) is 4.93. The first-order valence-corrected chi connectivity index (χ1v) is 9.25. The molecule has 0 aliphatic heterocycles. The highest BCUT2D eigenvalue weighted by molar-refractivity contribution is 9.11. The Labute approximate surface area is 164 Å². The first kappa shape index (κ1) is 19.0. The van der Waals surface area contributed by atoms with Crippen LogP contribution < -0.4 is 10.7 Å². The zero-order chi connectivity index (χ0) is 17.7. The molecule has 0 aliphatic rings. The molecule has 2 rings (SSSR count). The minimum Gasteiger partial charge on any atom is -0.506 e. The summed E-state index contributed by atoms with van der Waals surface area (Å²) in [6.45, 7) is 2.11. The molecule has 0 unspecified atom stereocenters. The number of rotatable bonds is 5. The average Bonchev–Trinajstić information content (AvgIpc) is 2.55. The summed E-state index contributed by atoms with van der Waals surface area (Å²) in [6, 6.07) is 9.44. The number of anilines is 1. The first-order valence-electron chi connectivity index (χ1n) is 6.87. The third-order valence-corrected chi connectivity index (χ3v) is 5.13. The SMILES string of the molecule is Cc1ccc(NCC(=O)N/N=C\c2c(Br)cc(Br)c(O)c2Br)cc1. The van der Waals surface area contributed by atoms with Crippen molar-refractivity contribution in [2.75, 3.05) is 11.9 Å². The topological polar surface area (TPSA) is 73.7 Å². The predicted molar refractivity (Wildman–Crippen MR) is 107 cm³/mol. The fourth-order valence-electron chi connectivity index (χ4n) is 1.78. The standard InChI is InChI=1S/C16H14Br3N3O2/c1-9-2-4-10(5-3-9)20-8-14(23)22-21-7-11-12(17)6-13(18)16(24)15(11)19/h2-7,20,24H,8H2,1H3,(H,22,23)/b21-7-. The van der Waals surface area contributed by atoms with Crippen molar-refractivity contribution < 1.29 is 9.90 Å². The van der Waals surface area contributed by atoms with Crippen LogP contribution in [0.5, 0.6) is 5.75 Å². The summed E-state index contributed by atoms with van der Waals surface area (Å²) in [5.41, 5.74) is 5.07. The van der Waals surface area contributed by atoms with E-state index < -0.39 is 0 Å². The number of carbonyl (C=O) groups excluding carboxylic acids is 1. The molecule has 0 fully saturated rings. The third-order valence-electron chi connectivity index (χ3n) is 3.07. The maximum atomic E-state index is 11.8. The van der Waals surface area contributed by atoms with E-state index in [0.29, 0.717) is 14.5 Å². The molecule has 3 N–H and O–H groups in total. The number of aromatic hydroxyl groups is 1. The summed E-state index contributed by atoms with van der Waals surface area (Å²) >= 11 is 9.91. The van der Waals surface area contributed by atoms with Crippen LogP contribution in [-0.4, -0.2) is 23.8 Å². The third kappa shape index (κ3) is 5.06. The van der Waals surface area contributed by atoms with Gasteiger partial charge in [0.05, 0.1) is 21.7 Å². The fraction of sp³-hybridized carbons (Fsp3) is 0.125. The van der Waals surface area contributed by atoms with Crippen molar-refractivity contribution >= 4 is 65.6 Å². The van der Waals surface area contributed by atoms with Crippen LogP contribution in [0.15, 0.2) is 48.9 Å². The average molecular weight is 520 g/mol. The predicted octanol–water partition coefficient (Wildman–Crippen LogP) is 4.55. The second-order valence-corrected chi connectivity index (χ2v) is 7.43. The lowest BCUT2D eigenvalue weighted by atomic mass is 10.2. The van der Waals surface area contributed by atoms with Gasteiger partial charge in [0.25, 0.3) is 5.91 Å². The molecule has 0 heterocycles. The Kier molecular flexibility index (Phi) is 6.82. The molecule has 0 saturated carbocycles. The molecule has 0 aromatic heterocycles. The molecule has 0 saturated heterocycles. The Balaban J connectivity index is 1.93.